The van der Waals surface area contributed by atoms with Crippen molar-refractivity contribution in [3.63, 3.8) is 0 Å². The van der Waals surface area contributed by atoms with E-state index in [9.17, 15) is 9.59 Å². The molecule has 8 nitrogen and oxygen atoms in total. The van der Waals surface area contributed by atoms with Crippen molar-refractivity contribution in [2.45, 2.75) is 6.54 Å². The molecule has 0 saturated heterocycles. The average molecular weight is 365 g/mol. The monoisotopic (exact) mass is 365 g/mol. The first-order chi connectivity index (χ1) is 13.2. The molecule has 0 aliphatic carbocycles. The third kappa shape index (κ3) is 3.25. The lowest BCUT2D eigenvalue weighted by Gasteiger charge is -2.29. The van der Waals surface area contributed by atoms with Gasteiger partial charge in [-0.25, -0.2) is 10.5 Å². The SMILES string of the molecule is O=C(NO)c1ccc2c(c1)N(Cc1coc(-c3ccccc3)n1)C(=O)CO2. The average Bonchev–Trinajstić information content (AvgIpc) is 3.18. The molecule has 0 radical (unpaired) electrons. The second-order valence-electron chi connectivity index (χ2n) is 5.90. The molecule has 2 aromatic carbocycles. The number of benzene rings is 2. The molecule has 0 fully saturated rings. The van der Waals surface area contributed by atoms with Crippen LogP contribution < -0.4 is 15.1 Å². The minimum absolute atomic E-state index is 0.109. The zero-order valence-electron chi connectivity index (χ0n) is 14.1. The largest absolute Gasteiger partial charge is 0.482 e. The number of fused-ring (bicyclic) bond motifs is 1. The molecule has 1 aliphatic rings. The summed E-state index contributed by atoms with van der Waals surface area (Å²) in [6, 6.07) is 14.0. The molecule has 1 aromatic heterocycles. The van der Waals surface area contributed by atoms with Gasteiger partial charge < -0.3 is 9.15 Å². The minimum atomic E-state index is -0.677. The van der Waals surface area contributed by atoms with E-state index in [0.717, 1.165) is 5.56 Å². The van der Waals surface area contributed by atoms with Crippen LogP contribution in [0.15, 0.2) is 59.2 Å². The van der Waals surface area contributed by atoms with E-state index in [1.165, 1.54) is 23.3 Å². The van der Waals surface area contributed by atoms with Gasteiger partial charge in [-0.1, -0.05) is 18.2 Å². The van der Waals surface area contributed by atoms with E-state index in [0.29, 0.717) is 23.0 Å². The standard InChI is InChI=1S/C19H15N3O5/c23-17-11-26-16-7-6-13(18(24)21-25)8-15(16)22(17)9-14-10-27-19(20-14)12-4-2-1-3-5-12/h1-8,10,25H,9,11H2,(H,21,24). The Kier molecular flexibility index (Phi) is 4.31. The Hall–Kier alpha value is -3.65. The van der Waals surface area contributed by atoms with Crippen LogP contribution in [0.4, 0.5) is 5.69 Å². The number of oxazole rings is 1. The van der Waals surface area contributed by atoms with Gasteiger partial charge in [-0.15, -0.1) is 0 Å². The predicted molar refractivity (Wildman–Crippen MR) is 94.3 cm³/mol. The van der Waals surface area contributed by atoms with Crippen LogP contribution in [-0.4, -0.2) is 28.6 Å². The molecule has 0 bridgehead atoms. The van der Waals surface area contributed by atoms with Crippen LogP contribution in [0, 0.1) is 0 Å². The highest BCUT2D eigenvalue weighted by Gasteiger charge is 2.27. The first-order valence-corrected chi connectivity index (χ1v) is 8.17. The van der Waals surface area contributed by atoms with E-state index in [4.69, 9.17) is 14.4 Å². The number of carbonyl (C=O) groups excluding carboxylic acids is 2. The number of ether oxygens (including phenoxy) is 1. The number of hydroxylamine groups is 1. The summed E-state index contributed by atoms with van der Waals surface area (Å²) in [6.07, 6.45) is 1.50. The maximum Gasteiger partial charge on any atom is 0.274 e. The molecule has 2 heterocycles. The van der Waals surface area contributed by atoms with Crippen LogP contribution in [-0.2, 0) is 11.3 Å². The van der Waals surface area contributed by atoms with Crippen LogP contribution in [0.3, 0.4) is 0 Å². The van der Waals surface area contributed by atoms with Gasteiger partial charge in [0.1, 0.15) is 12.0 Å². The molecule has 2 amide bonds. The van der Waals surface area contributed by atoms with Gasteiger partial charge in [0.15, 0.2) is 6.61 Å². The molecule has 0 spiro atoms. The third-order valence-electron chi connectivity index (χ3n) is 4.16. The molecule has 0 saturated carbocycles. The maximum absolute atomic E-state index is 12.4. The van der Waals surface area contributed by atoms with Crippen molar-refractivity contribution in [1.29, 1.82) is 0 Å². The van der Waals surface area contributed by atoms with E-state index < -0.39 is 5.91 Å². The number of amides is 2. The number of hydrogen-bond acceptors (Lipinski definition) is 6. The zero-order chi connectivity index (χ0) is 18.8. The molecule has 0 unspecified atom stereocenters. The molecule has 3 aromatic rings. The highest BCUT2D eigenvalue weighted by Crippen LogP contribution is 2.34. The van der Waals surface area contributed by atoms with Gasteiger partial charge in [0.05, 0.1) is 17.9 Å². The Labute approximate surface area is 154 Å². The van der Waals surface area contributed by atoms with E-state index in [2.05, 4.69) is 4.98 Å². The van der Waals surface area contributed by atoms with Gasteiger partial charge in [-0.2, -0.15) is 0 Å². The summed E-state index contributed by atoms with van der Waals surface area (Å²) in [7, 11) is 0. The number of hydrogen-bond donors (Lipinski definition) is 2. The van der Waals surface area contributed by atoms with E-state index in [-0.39, 0.29) is 24.6 Å². The lowest BCUT2D eigenvalue weighted by Crippen LogP contribution is -2.38. The summed E-state index contributed by atoms with van der Waals surface area (Å²) in [4.78, 5) is 30.0. The van der Waals surface area contributed by atoms with Gasteiger partial charge in [-0.3, -0.25) is 19.7 Å². The summed E-state index contributed by atoms with van der Waals surface area (Å²) < 4.78 is 10.9. The van der Waals surface area contributed by atoms with Gasteiger partial charge >= 0.3 is 0 Å². The molecule has 136 valence electrons. The summed E-state index contributed by atoms with van der Waals surface area (Å²) in [6.45, 7) is 0.0532. The highest BCUT2D eigenvalue weighted by molar-refractivity contribution is 6.00. The maximum atomic E-state index is 12.4. The number of anilines is 1. The van der Waals surface area contributed by atoms with Crippen molar-refractivity contribution in [3.8, 4) is 17.2 Å². The van der Waals surface area contributed by atoms with Gasteiger partial charge in [0, 0.05) is 11.1 Å². The summed E-state index contributed by atoms with van der Waals surface area (Å²) >= 11 is 0. The molecule has 8 heteroatoms. The number of aromatic nitrogens is 1. The minimum Gasteiger partial charge on any atom is -0.482 e. The van der Waals surface area contributed by atoms with E-state index >= 15 is 0 Å². The van der Waals surface area contributed by atoms with Crippen molar-refractivity contribution in [3.05, 3.63) is 66.1 Å². The Bertz CT molecular complexity index is 1000. The van der Waals surface area contributed by atoms with Crippen LogP contribution in [0.25, 0.3) is 11.5 Å². The van der Waals surface area contributed by atoms with Crippen LogP contribution in [0.5, 0.6) is 5.75 Å². The molecule has 0 atom stereocenters. The smallest absolute Gasteiger partial charge is 0.274 e. The van der Waals surface area contributed by atoms with Crippen LogP contribution in [0.1, 0.15) is 16.1 Å². The lowest BCUT2D eigenvalue weighted by molar-refractivity contribution is -0.121. The first-order valence-electron chi connectivity index (χ1n) is 8.17. The topological polar surface area (TPSA) is 105 Å². The number of rotatable bonds is 4. The molecular formula is C19H15N3O5. The van der Waals surface area contributed by atoms with Gasteiger partial charge in [0.2, 0.25) is 5.89 Å². The Balaban J connectivity index is 1.64. The number of nitrogens with zero attached hydrogens (tertiary/aromatic N) is 2. The normalized spacial score (nSPS) is 13.1. The van der Waals surface area contributed by atoms with Crippen molar-refractivity contribution in [1.82, 2.24) is 10.5 Å². The van der Waals surface area contributed by atoms with E-state index in [1.54, 1.807) is 11.5 Å². The Morgan fingerprint density at radius 3 is 2.81 bits per heavy atom. The fourth-order valence-electron chi connectivity index (χ4n) is 2.84. The second kappa shape index (κ2) is 6.93. The van der Waals surface area contributed by atoms with Crippen molar-refractivity contribution >= 4 is 17.5 Å². The van der Waals surface area contributed by atoms with Crippen molar-refractivity contribution < 1.29 is 24.0 Å². The third-order valence-corrected chi connectivity index (χ3v) is 4.16. The van der Waals surface area contributed by atoms with Gasteiger partial charge in [0.25, 0.3) is 11.8 Å². The summed E-state index contributed by atoms with van der Waals surface area (Å²) in [5.41, 5.74) is 3.60. The van der Waals surface area contributed by atoms with Crippen LogP contribution >= 0.6 is 0 Å². The summed E-state index contributed by atoms with van der Waals surface area (Å²) in [5.74, 6) is -0.0206. The quantitative estimate of drug-likeness (QED) is 0.543. The Morgan fingerprint density at radius 2 is 2.04 bits per heavy atom. The zero-order valence-corrected chi connectivity index (χ0v) is 14.1. The molecule has 27 heavy (non-hydrogen) atoms. The second-order valence-corrected chi connectivity index (χ2v) is 5.90. The lowest BCUT2D eigenvalue weighted by atomic mass is 10.1. The van der Waals surface area contributed by atoms with E-state index in [1.807, 2.05) is 30.3 Å². The Morgan fingerprint density at radius 1 is 1.22 bits per heavy atom. The van der Waals surface area contributed by atoms with Crippen LogP contribution in [0.2, 0.25) is 0 Å². The molecule has 4 rings (SSSR count). The van der Waals surface area contributed by atoms with Crippen molar-refractivity contribution in [2.75, 3.05) is 11.5 Å². The van der Waals surface area contributed by atoms with Crippen molar-refractivity contribution in [2.24, 2.45) is 0 Å². The molecule has 1 aliphatic heterocycles. The number of carbonyl (C=O) groups is 2. The molecular weight excluding hydrogens is 350 g/mol. The summed E-state index contributed by atoms with van der Waals surface area (Å²) in [5, 5.41) is 8.82. The predicted octanol–water partition coefficient (Wildman–Crippen LogP) is 2.39. The fourth-order valence-corrected chi connectivity index (χ4v) is 2.84. The highest BCUT2D eigenvalue weighted by atomic mass is 16.5. The first kappa shape index (κ1) is 16.8. The van der Waals surface area contributed by atoms with Gasteiger partial charge in [-0.05, 0) is 30.3 Å². The fraction of sp³-hybridized carbons (Fsp3) is 0.105. The number of nitrogens with one attached hydrogen (secondary N) is 1. The molecule has 2 N–H and O–H groups in total.